The average molecular weight is 295 g/mol. The van der Waals surface area contributed by atoms with Crippen molar-refractivity contribution in [1.29, 1.82) is 0 Å². The standard InChI is InChI=1S/C16H16Cl2O/c1-9-6-12(17)4-5-13(9)16(19)14-7-11(3)15(18)8-10(14)2/h4-8,16,19H,1-3H3. The summed E-state index contributed by atoms with van der Waals surface area (Å²) in [6.07, 6.45) is -0.659. The second-order valence-corrected chi connectivity index (χ2v) is 5.71. The molecule has 0 spiro atoms. The first-order chi connectivity index (χ1) is 8.90. The first kappa shape index (κ1) is 14.4. The lowest BCUT2D eigenvalue weighted by atomic mass is 9.93. The Labute approximate surface area is 123 Å². The number of aliphatic hydroxyl groups is 1. The van der Waals surface area contributed by atoms with Crippen molar-refractivity contribution in [2.75, 3.05) is 0 Å². The summed E-state index contributed by atoms with van der Waals surface area (Å²) in [5, 5.41) is 12.0. The summed E-state index contributed by atoms with van der Waals surface area (Å²) >= 11 is 12.0. The van der Waals surface area contributed by atoms with Gasteiger partial charge in [0.25, 0.3) is 0 Å². The molecule has 0 saturated heterocycles. The van der Waals surface area contributed by atoms with Crippen LogP contribution in [-0.2, 0) is 0 Å². The van der Waals surface area contributed by atoms with Gasteiger partial charge in [0.05, 0.1) is 0 Å². The molecule has 0 amide bonds. The van der Waals surface area contributed by atoms with Crippen LogP contribution in [0.5, 0.6) is 0 Å². The fourth-order valence-electron chi connectivity index (χ4n) is 2.21. The summed E-state index contributed by atoms with van der Waals surface area (Å²) in [5.41, 5.74) is 4.68. The Kier molecular flexibility index (Phi) is 4.19. The van der Waals surface area contributed by atoms with Crippen molar-refractivity contribution in [3.05, 3.63) is 68.2 Å². The molecule has 0 bridgehead atoms. The second-order valence-electron chi connectivity index (χ2n) is 4.86. The van der Waals surface area contributed by atoms with Crippen LogP contribution in [0.4, 0.5) is 0 Å². The van der Waals surface area contributed by atoms with E-state index in [1.165, 1.54) is 0 Å². The lowest BCUT2D eigenvalue weighted by Crippen LogP contribution is -2.04. The number of aliphatic hydroxyl groups excluding tert-OH is 1. The highest BCUT2D eigenvalue weighted by Gasteiger charge is 2.16. The van der Waals surface area contributed by atoms with Gasteiger partial charge in [0.2, 0.25) is 0 Å². The van der Waals surface area contributed by atoms with Gasteiger partial charge in [-0.15, -0.1) is 0 Å². The highest BCUT2D eigenvalue weighted by Crippen LogP contribution is 2.31. The van der Waals surface area contributed by atoms with E-state index in [2.05, 4.69) is 0 Å². The largest absolute Gasteiger partial charge is 0.384 e. The molecule has 0 heterocycles. The molecule has 2 aromatic rings. The monoisotopic (exact) mass is 294 g/mol. The Hall–Kier alpha value is -1.02. The van der Waals surface area contributed by atoms with Crippen molar-refractivity contribution in [2.24, 2.45) is 0 Å². The molecule has 0 fully saturated rings. The minimum atomic E-state index is -0.659. The van der Waals surface area contributed by atoms with Crippen molar-refractivity contribution in [3.8, 4) is 0 Å². The van der Waals surface area contributed by atoms with Gasteiger partial charge in [-0.1, -0.05) is 35.3 Å². The molecule has 1 unspecified atom stereocenters. The Bertz CT molecular complexity index is 620. The Morgan fingerprint density at radius 2 is 1.47 bits per heavy atom. The van der Waals surface area contributed by atoms with Gasteiger partial charge in [0.15, 0.2) is 0 Å². The first-order valence-electron chi connectivity index (χ1n) is 6.11. The number of hydrogen-bond acceptors (Lipinski definition) is 1. The molecule has 1 N–H and O–H groups in total. The summed E-state index contributed by atoms with van der Waals surface area (Å²) in [7, 11) is 0. The van der Waals surface area contributed by atoms with E-state index in [0.717, 1.165) is 32.8 Å². The maximum Gasteiger partial charge on any atom is 0.105 e. The summed E-state index contributed by atoms with van der Waals surface area (Å²) < 4.78 is 0. The number of hydrogen-bond donors (Lipinski definition) is 1. The van der Waals surface area contributed by atoms with Crippen LogP contribution in [-0.4, -0.2) is 5.11 Å². The van der Waals surface area contributed by atoms with Crippen LogP contribution in [0.1, 0.15) is 33.9 Å². The molecule has 2 rings (SSSR count). The smallest absolute Gasteiger partial charge is 0.105 e. The predicted molar refractivity (Wildman–Crippen MR) is 81.2 cm³/mol. The van der Waals surface area contributed by atoms with E-state index in [4.69, 9.17) is 23.2 Å². The molecular weight excluding hydrogens is 279 g/mol. The van der Waals surface area contributed by atoms with Crippen molar-refractivity contribution < 1.29 is 5.11 Å². The van der Waals surface area contributed by atoms with E-state index in [9.17, 15) is 5.11 Å². The molecule has 0 radical (unpaired) electrons. The number of benzene rings is 2. The summed E-state index contributed by atoms with van der Waals surface area (Å²) in [5.74, 6) is 0. The molecule has 100 valence electrons. The van der Waals surface area contributed by atoms with Gasteiger partial charge in [0.1, 0.15) is 6.10 Å². The zero-order valence-corrected chi connectivity index (χ0v) is 12.7. The molecule has 19 heavy (non-hydrogen) atoms. The van der Waals surface area contributed by atoms with Crippen LogP contribution in [0.3, 0.4) is 0 Å². The van der Waals surface area contributed by atoms with E-state index >= 15 is 0 Å². The van der Waals surface area contributed by atoms with Gasteiger partial charge in [-0.3, -0.25) is 0 Å². The highest BCUT2D eigenvalue weighted by atomic mass is 35.5. The van der Waals surface area contributed by atoms with Gasteiger partial charge in [-0.2, -0.15) is 0 Å². The third-order valence-electron chi connectivity index (χ3n) is 3.37. The third kappa shape index (κ3) is 2.94. The highest BCUT2D eigenvalue weighted by molar-refractivity contribution is 6.31. The maximum atomic E-state index is 10.6. The van der Waals surface area contributed by atoms with Crippen LogP contribution < -0.4 is 0 Å². The Morgan fingerprint density at radius 1 is 0.842 bits per heavy atom. The van der Waals surface area contributed by atoms with E-state index in [1.807, 2.05) is 45.0 Å². The zero-order valence-electron chi connectivity index (χ0n) is 11.2. The molecule has 0 aliphatic rings. The minimum Gasteiger partial charge on any atom is -0.384 e. The molecule has 3 heteroatoms. The van der Waals surface area contributed by atoms with E-state index in [1.54, 1.807) is 6.07 Å². The van der Waals surface area contributed by atoms with E-state index in [0.29, 0.717) is 5.02 Å². The molecule has 1 atom stereocenters. The normalized spacial score (nSPS) is 12.5. The van der Waals surface area contributed by atoms with Gasteiger partial charge >= 0.3 is 0 Å². The van der Waals surface area contributed by atoms with Crippen molar-refractivity contribution in [3.63, 3.8) is 0 Å². The van der Waals surface area contributed by atoms with Crippen LogP contribution in [0.25, 0.3) is 0 Å². The fraction of sp³-hybridized carbons (Fsp3) is 0.250. The van der Waals surface area contributed by atoms with Gasteiger partial charge < -0.3 is 5.11 Å². The average Bonchev–Trinajstić information content (AvgIpc) is 2.33. The van der Waals surface area contributed by atoms with E-state index in [-0.39, 0.29) is 0 Å². The van der Waals surface area contributed by atoms with Crippen molar-refractivity contribution in [2.45, 2.75) is 26.9 Å². The van der Waals surface area contributed by atoms with Crippen LogP contribution in [0.15, 0.2) is 30.3 Å². The van der Waals surface area contributed by atoms with Crippen LogP contribution in [0.2, 0.25) is 10.0 Å². The van der Waals surface area contributed by atoms with Gasteiger partial charge in [0, 0.05) is 10.0 Å². The SMILES string of the molecule is Cc1cc(C(O)c2ccc(Cl)cc2C)c(C)cc1Cl. The molecule has 0 aliphatic heterocycles. The number of aryl methyl sites for hydroxylation is 3. The summed E-state index contributed by atoms with van der Waals surface area (Å²) in [6.45, 7) is 5.84. The molecule has 1 nitrogen and oxygen atoms in total. The van der Waals surface area contributed by atoms with E-state index < -0.39 is 6.10 Å². The predicted octanol–water partition coefficient (Wildman–Crippen LogP) is 5.00. The molecule has 0 saturated carbocycles. The Balaban J connectivity index is 2.49. The second kappa shape index (κ2) is 5.54. The zero-order chi connectivity index (χ0) is 14.2. The fourth-order valence-corrected chi connectivity index (χ4v) is 2.66. The van der Waals surface area contributed by atoms with Crippen LogP contribution in [0, 0.1) is 20.8 Å². The minimum absolute atomic E-state index is 0.659. The molecule has 0 aliphatic carbocycles. The molecular formula is C16H16Cl2O. The lowest BCUT2D eigenvalue weighted by Gasteiger charge is -2.18. The summed E-state index contributed by atoms with van der Waals surface area (Å²) in [6, 6.07) is 9.35. The third-order valence-corrected chi connectivity index (χ3v) is 4.01. The summed E-state index contributed by atoms with van der Waals surface area (Å²) in [4.78, 5) is 0. The quantitative estimate of drug-likeness (QED) is 0.826. The van der Waals surface area contributed by atoms with Gasteiger partial charge in [-0.05, 0) is 66.8 Å². The number of rotatable bonds is 2. The number of halogens is 2. The lowest BCUT2D eigenvalue weighted by molar-refractivity contribution is 0.218. The maximum absolute atomic E-state index is 10.6. The topological polar surface area (TPSA) is 20.2 Å². The first-order valence-corrected chi connectivity index (χ1v) is 6.86. The van der Waals surface area contributed by atoms with Crippen molar-refractivity contribution in [1.82, 2.24) is 0 Å². The Morgan fingerprint density at radius 3 is 2.11 bits per heavy atom. The van der Waals surface area contributed by atoms with Gasteiger partial charge in [-0.25, -0.2) is 0 Å². The van der Waals surface area contributed by atoms with Crippen molar-refractivity contribution >= 4 is 23.2 Å². The molecule has 0 aromatic heterocycles. The van der Waals surface area contributed by atoms with Crippen LogP contribution >= 0.6 is 23.2 Å². The molecule has 2 aromatic carbocycles.